The molecule has 0 fully saturated rings. The van der Waals surface area contributed by atoms with Crippen molar-refractivity contribution in [3.8, 4) is 27.9 Å². The standard InChI is InChI=1S/C49H36N2/c1-49(2)45-18-10-8-16-41(45)42-28-23-36(31-46(42)49)34-20-24-38(25-21-34)50(39-26-22-33-12-6-7-13-35(33)30-39)40-27-29-44-43-17-9-11-19-47(43)51(48(44)32-40)37-14-4-3-5-15-37/h3-32H,1-2H3. The van der Waals surface area contributed by atoms with Crippen LogP contribution in [0.25, 0.3) is 60.5 Å². The number of anilines is 3. The summed E-state index contributed by atoms with van der Waals surface area (Å²) in [4.78, 5) is 2.39. The average molecular weight is 653 g/mol. The Morgan fingerprint density at radius 2 is 1.04 bits per heavy atom. The summed E-state index contributed by atoms with van der Waals surface area (Å²) in [7, 11) is 0. The van der Waals surface area contributed by atoms with Crippen LogP contribution in [0.2, 0.25) is 0 Å². The molecule has 1 heterocycles. The van der Waals surface area contributed by atoms with E-state index in [4.69, 9.17) is 0 Å². The van der Waals surface area contributed by atoms with Crippen molar-refractivity contribution < 1.29 is 0 Å². The van der Waals surface area contributed by atoms with Gasteiger partial charge < -0.3 is 9.47 Å². The van der Waals surface area contributed by atoms with Gasteiger partial charge in [-0.1, -0.05) is 135 Å². The summed E-state index contributed by atoms with van der Waals surface area (Å²) in [6.45, 7) is 4.69. The van der Waals surface area contributed by atoms with E-state index in [2.05, 4.69) is 205 Å². The average Bonchev–Trinajstić information content (AvgIpc) is 3.63. The number of benzene rings is 8. The maximum absolute atomic E-state index is 2.40. The molecule has 1 aliphatic rings. The number of hydrogen-bond acceptors (Lipinski definition) is 1. The minimum atomic E-state index is -0.0321. The quantitative estimate of drug-likeness (QED) is 0.180. The minimum absolute atomic E-state index is 0.0321. The molecule has 10 rings (SSSR count). The molecule has 0 aliphatic heterocycles. The summed E-state index contributed by atoms with van der Waals surface area (Å²) in [6.07, 6.45) is 0. The lowest BCUT2D eigenvalue weighted by Crippen LogP contribution is -2.14. The van der Waals surface area contributed by atoms with Gasteiger partial charge in [0.1, 0.15) is 0 Å². The van der Waals surface area contributed by atoms with Crippen molar-refractivity contribution in [3.05, 3.63) is 193 Å². The van der Waals surface area contributed by atoms with Crippen molar-refractivity contribution in [3.63, 3.8) is 0 Å². The molecule has 1 aromatic heterocycles. The lowest BCUT2D eigenvalue weighted by molar-refractivity contribution is 0.660. The minimum Gasteiger partial charge on any atom is -0.310 e. The molecule has 242 valence electrons. The predicted octanol–water partition coefficient (Wildman–Crippen LogP) is 13.4. The third kappa shape index (κ3) is 4.64. The van der Waals surface area contributed by atoms with Gasteiger partial charge in [0.2, 0.25) is 0 Å². The summed E-state index contributed by atoms with van der Waals surface area (Å²) >= 11 is 0. The van der Waals surface area contributed by atoms with Gasteiger partial charge in [0.05, 0.1) is 11.0 Å². The first kappa shape index (κ1) is 29.5. The van der Waals surface area contributed by atoms with E-state index < -0.39 is 0 Å². The Kier molecular flexibility index (Phi) is 6.56. The second-order valence-corrected chi connectivity index (χ2v) is 14.2. The summed E-state index contributed by atoms with van der Waals surface area (Å²) in [5, 5.41) is 4.95. The molecular weight excluding hydrogens is 617 g/mol. The molecule has 2 heteroatoms. The first-order valence-electron chi connectivity index (χ1n) is 17.8. The fraction of sp³-hybridized carbons (Fsp3) is 0.0612. The van der Waals surface area contributed by atoms with Crippen molar-refractivity contribution in [1.29, 1.82) is 0 Å². The highest BCUT2D eigenvalue weighted by molar-refractivity contribution is 6.10. The number of aromatic nitrogens is 1. The normalized spacial score (nSPS) is 13.1. The van der Waals surface area contributed by atoms with Crippen molar-refractivity contribution in [1.82, 2.24) is 4.57 Å². The Morgan fingerprint density at radius 3 is 1.90 bits per heavy atom. The number of nitrogens with zero attached hydrogens (tertiary/aromatic N) is 2. The van der Waals surface area contributed by atoms with Gasteiger partial charge in [-0.05, 0) is 105 Å². The molecular formula is C49H36N2. The van der Waals surface area contributed by atoms with Gasteiger partial charge in [0, 0.05) is 38.9 Å². The summed E-state index contributed by atoms with van der Waals surface area (Å²) in [6, 6.07) is 66.7. The molecule has 9 aromatic rings. The van der Waals surface area contributed by atoms with E-state index in [0.29, 0.717) is 0 Å². The predicted molar refractivity (Wildman–Crippen MR) is 216 cm³/mol. The molecule has 0 amide bonds. The smallest absolute Gasteiger partial charge is 0.0561 e. The van der Waals surface area contributed by atoms with Crippen molar-refractivity contribution in [2.45, 2.75) is 19.3 Å². The molecule has 1 aliphatic carbocycles. The zero-order valence-corrected chi connectivity index (χ0v) is 28.7. The highest BCUT2D eigenvalue weighted by Crippen LogP contribution is 2.49. The fourth-order valence-corrected chi connectivity index (χ4v) is 8.40. The molecule has 0 unspecified atom stereocenters. The van der Waals surface area contributed by atoms with Crippen LogP contribution >= 0.6 is 0 Å². The molecule has 51 heavy (non-hydrogen) atoms. The molecule has 0 atom stereocenters. The van der Waals surface area contributed by atoms with Gasteiger partial charge in [0.15, 0.2) is 0 Å². The van der Waals surface area contributed by atoms with Crippen molar-refractivity contribution in [2.24, 2.45) is 0 Å². The molecule has 0 radical (unpaired) electrons. The Hall–Kier alpha value is -6.38. The molecule has 2 nitrogen and oxygen atoms in total. The maximum Gasteiger partial charge on any atom is 0.0561 e. The van der Waals surface area contributed by atoms with Crippen LogP contribution in [0.3, 0.4) is 0 Å². The van der Waals surface area contributed by atoms with Crippen LogP contribution in [0.5, 0.6) is 0 Å². The van der Waals surface area contributed by atoms with Gasteiger partial charge in [-0.2, -0.15) is 0 Å². The number of rotatable bonds is 5. The Bertz CT molecular complexity index is 2770. The number of para-hydroxylation sites is 2. The van der Waals surface area contributed by atoms with Gasteiger partial charge in [0.25, 0.3) is 0 Å². The first-order valence-corrected chi connectivity index (χ1v) is 17.8. The van der Waals surface area contributed by atoms with Gasteiger partial charge in [-0.15, -0.1) is 0 Å². The highest BCUT2D eigenvalue weighted by Gasteiger charge is 2.35. The van der Waals surface area contributed by atoms with Crippen molar-refractivity contribution >= 4 is 49.6 Å². The molecule has 0 N–H and O–H groups in total. The zero-order chi connectivity index (χ0) is 34.1. The fourth-order valence-electron chi connectivity index (χ4n) is 8.40. The second kappa shape index (κ2) is 11.3. The second-order valence-electron chi connectivity index (χ2n) is 14.2. The van der Waals surface area contributed by atoms with E-state index in [1.165, 1.54) is 66.0 Å². The Morgan fingerprint density at radius 1 is 0.412 bits per heavy atom. The maximum atomic E-state index is 2.40. The monoisotopic (exact) mass is 652 g/mol. The molecule has 0 saturated carbocycles. The van der Waals surface area contributed by atoms with Gasteiger partial charge in [-0.25, -0.2) is 0 Å². The van der Waals surface area contributed by atoms with Gasteiger partial charge >= 0.3 is 0 Å². The van der Waals surface area contributed by atoms with Crippen LogP contribution in [0.1, 0.15) is 25.0 Å². The topological polar surface area (TPSA) is 8.17 Å². The number of hydrogen-bond donors (Lipinski definition) is 0. The van der Waals surface area contributed by atoms with Crippen molar-refractivity contribution in [2.75, 3.05) is 4.90 Å². The molecule has 0 saturated heterocycles. The van der Waals surface area contributed by atoms with Crippen LogP contribution in [0.4, 0.5) is 17.1 Å². The summed E-state index contributed by atoms with van der Waals surface area (Å²) in [5.41, 5.74) is 14.8. The number of fused-ring (bicyclic) bond motifs is 7. The van der Waals surface area contributed by atoms with E-state index in [1.54, 1.807) is 0 Å². The zero-order valence-electron chi connectivity index (χ0n) is 28.7. The lowest BCUT2D eigenvalue weighted by atomic mass is 9.81. The van der Waals surface area contributed by atoms with E-state index in [-0.39, 0.29) is 5.41 Å². The van der Waals surface area contributed by atoms with Crippen LogP contribution in [0, 0.1) is 0 Å². The van der Waals surface area contributed by atoms with Crippen LogP contribution < -0.4 is 4.90 Å². The van der Waals surface area contributed by atoms with E-state index in [0.717, 1.165) is 22.7 Å². The van der Waals surface area contributed by atoms with Crippen LogP contribution in [-0.2, 0) is 5.41 Å². The molecule has 8 aromatic carbocycles. The Labute approximate surface area is 298 Å². The SMILES string of the molecule is CC1(C)c2ccccc2-c2ccc(-c3ccc(N(c4ccc5ccccc5c4)c4ccc5c6ccccc6n(-c6ccccc6)c5c4)cc3)cc21. The highest BCUT2D eigenvalue weighted by atomic mass is 15.1. The summed E-state index contributed by atoms with van der Waals surface area (Å²) < 4.78 is 2.39. The van der Waals surface area contributed by atoms with Gasteiger partial charge in [-0.3, -0.25) is 0 Å². The van der Waals surface area contributed by atoms with E-state index >= 15 is 0 Å². The van der Waals surface area contributed by atoms with Crippen LogP contribution in [-0.4, -0.2) is 4.57 Å². The third-order valence-electron chi connectivity index (χ3n) is 11.0. The molecule has 0 spiro atoms. The first-order chi connectivity index (χ1) is 25.0. The summed E-state index contributed by atoms with van der Waals surface area (Å²) in [5.74, 6) is 0. The third-order valence-corrected chi connectivity index (χ3v) is 11.0. The lowest BCUT2D eigenvalue weighted by Gasteiger charge is -2.26. The van der Waals surface area contributed by atoms with E-state index in [9.17, 15) is 0 Å². The molecule has 0 bridgehead atoms. The van der Waals surface area contributed by atoms with E-state index in [1.807, 2.05) is 0 Å². The largest absolute Gasteiger partial charge is 0.310 e. The Balaban J connectivity index is 1.12. The van der Waals surface area contributed by atoms with Crippen LogP contribution in [0.15, 0.2) is 182 Å².